The minimum Gasteiger partial charge on any atom is -0.481 e. The number of hydrogen-bond donors (Lipinski definition) is 4. The lowest BCUT2D eigenvalue weighted by Gasteiger charge is -2.20. The van der Waals surface area contributed by atoms with Gasteiger partial charge in [0.1, 0.15) is 0 Å². The van der Waals surface area contributed by atoms with Gasteiger partial charge in [-0.05, 0) is 56.0 Å². The van der Waals surface area contributed by atoms with E-state index in [1.807, 2.05) is 0 Å². The molecule has 6 nitrogen and oxygen atoms in total. The van der Waals surface area contributed by atoms with E-state index < -0.39 is 11.9 Å². The highest BCUT2D eigenvalue weighted by Gasteiger charge is 2.15. The third-order valence-corrected chi connectivity index (χ3v) is 7.13. The zero-order chi connectivity index (χ0) is 18.4. The highest BCUT2D eigenvalue weighted by atomic mass is 31.1. The summed E-state index contributed by atoms with van der Waals surface area (Å²) >= 11 is 0. The Bertz CT molecular complexity index is 320. The van der Waals surface area contributed by atoms with E-state index in [-0.39, 0.29) is 45.8 Å². The Morgan fingerprint density at radius 3 is 1.54 bits per heavy atom. The molecule has 142 valence electrons. The van der Waals surface area contributed by atoms with Crippen molar-refractivity contribution in [1.82, 2.24) is 0 Å². The van der Waals surface area contributed by atoms with E-state index in [0.717, 1.165) is 44.4 Å². The van der Waals surface area contributed by atoms with Crippen LogP contribution in [0.4, 0.5) is 0 Å². The molecule has 0 aromatic rings. The fourth-order valence-electron chi connectivity index (χ4n) is 2.87. The Kier molecular flexibility index (Phi) is 14.2. The van der Waals surface area contributed by atoms with E-state index in [9.17, 15) is 19.8 Å². The van der Waals surface area contributed by atoms with E-state index in [4.69, 9.17) is 10.2 Å². The second-order valence-corrected chi connectivity index (χ2v) is 9.10. The van der Waals surface area contributed by atoms with Crippen LogP contribution >= 0.6 is 7.92 Å². The third-order valence-electron chi connectivity index (χ3n) is 4.16. The molecule has 2 unspecified atom stereocenters. The molecule has 0 aromatic heterocycles. The average molecular weight is 364 g/mol. The topological polar surface area (TPSA) is 115 Å². The number of carboxylic acid groups (broad SMARTS) is 2. The van der Waals surface area contributed by atoms with Gasteiger partial charge < -0.3 is 20.4 Å². The molecule has 4 N–H and O–H groups in total. The standard InChI is InChI=1S/C17H33O6P/c1-2-7-24(8-3-5-14(12-18)10-16(20)21)9-4-6-15(13-19)11-17(22)23/h14-15,18-19H,2-13H2,1H3,(H,20,21)(H,22,23)/t14-,15?,24?/m0/s1. The summed E-state index contributed by atoms with van der Waals surface area (Å²) in [6, 6.07) is 0. The normalized spacial score (nSPS) is 15.0. The monoisotopic (exact) mass is 364 g/mol. The minimum absolute atomic E-state index is 0.0234. The van der Waals surface area contributed by atoms with Gasteiger partial charge in [-0.15, -0.1) is 7.92 Å². The summed E-state index contributed by atoms with van der Waals surface area (Å²) in [7, 11) is -0.131. The van der Waals surface area contributed by atoms with Crippen LogP contribution in [-0.4, -0.2) is 64.1 Å². The predicted octanol–water partition coefficient (Wildman–Crippen LogP) is 2.61. The molecule has 24 heavy (non-hydrogen) atoms. The van der Waals surface area contributed by atoms with Gasteiger partial charge in [0.25, 0.3) is 0 Å². The molecule has 0 aromatic carbocycles. The average Bonchev–Trinajstić information content (AvgIpc) is 2.51. The first-order chi connectivity index (χ1) is 11.4. The van der Waals surface area contributed by atoms with E-state index in [1.165, 1.54) is 6.16 Å². The molecular weight excluding hydrogens is 331 g/mol. The maximum Gasteiger partial charge on any atom is 0.303 e. The highest BCUT2D eigenvalue weighted by Crippen LogP contribution is 2.39. The molecule has 0 rings (SSSR count). The lowest BCUT2D eigenvalue weighted by Crippen LogP contribution is -2.13. The van der Waals surface area contributed by atoms with Crippen molar-refractivity contribution >= 4 is 19.9 Å². The van der Waals surface area contributed by atoms with Gasteiger partial charge in [0.05, 0.1) is 12.8 Å². The molecule has 0 aliphatic rings. The first-order valence-corrected chi connectivity index (χ1v) is 10.7. The van der Waals surface area contributed by atoms with Crippen LogP contribution in [0.15, 0.2) is 0 Å². The van der Waals surface area contributed by atoms with Crippen LogP contribution in [0.2, 0.25) is 0 Å². The first kappa shape index (κ1) is 23.3. The molecule has 0 saturated carbocycles. The van der Waals surface area contributed by atoms with Crippen molar-refractivity contribution in [1.29, 1.82) is 0 Å². The minimum atomic E-state index is -0.863. The molecule has 0 saturated heterocycles. The van der Waals surface area contributed by atoms with Crippen LogP contribution in [0.25, 0.3) is 0 Å². The summed E-state index contributed by atoms with van der Waals surface area (Å²) in [5, 5.41) is 36.0. The predicted molar refractivity (Wildman–Crippen MR) is 95.9 cm³/mol. The summed E-state index contributed by atoms with van der Waals surface area (Å²) in [6.45, 7) is 1.99. The fourth-order valence-corrected chi connectivity index (χ4v) is 5.43. The second-order valence-electron chi connectivity index (χ2n) is 6.42. The van der Waals surface area contributed by atoms with Crippen molar-refractivity contribution in [2.75, 3.05) is 31.7 Å². The number of carboxylic acids is 2. The Morgan fingerprint density at radius 1 is 0.833 bits per heavy atom. The molecule has 7 heteroatoms. The van der Waals surface area contributed by atoms with Crippen LogP contribution in [0, 0.1) is 11.8 Å². The number of hydrogen-bond acceptors (Lipinski definition) is 4. The van der Waals surface area contributed by atoms with Gasteiger partial charge in [0, 0.05) is 13.2 Å². The zero-order valence-electron chi connectivity index (χ0n) is 14.7. The van der Waals surface area contributed by atoms with Gasteiger partial charge in [-0.25, -0.2) is 0 Å². The Hall–Kier alpha value is -0.710. The maximum atomic E-state index is 10.7. The van der Waals surface area contributed by atoms with E-state index in [0.29, 0.717) is 0 Å². The summed E-state index contributed by atoms with van der Waals surface area (Å²) in [4.78, 5) is 21.4. The Labute approximate surface area is 146 Å². The smallest absolute Gasteiger partial charge is 0.303 e. The largest absolute Gasteiger partial charge is 0.481 e. The van der Waals surface area contributed by atoms with Crippen LogP contribution < -0.4 is 0 Å². The number of aliphatic hydroxyl groups excluding tert-OH is 2. The van der Waals surface area contributed by atoms with E-state index in [2.05, 4.69) is 6.92 Å². The summed E-state index contributed by atoms with van der Waals surface area (Å²) in [6.07, 6.45) is 7.82. The van der Waals surface area contributed by atoms with Crippen molar-refractivity contribution < 1.29 is 30.0 Å². The fraction of sp³-hybridized carbons (Fsp3) is 0.882. The number of rotatable bonds is 16. The van der Waals surface area contributed by atoms with Crippen LogP contribution in [0.5, 0.6) is 0 Å². The van der Waals surface area contributed by atoms with Gasteiger partial charge in [-0.2, -0.15) is 0 Å². The summed E-state index contributed by atoms with van der Waals surface area (Å²) in [5.74, 6) is -2.04. The maximum absolute atomic E-state index is 10.7. The van der Waals surface area contributed by atoms with Gasteiger partial charge in [-0.1, -0.05) is 13.3 Å². The van der Waals surface area contributed by atoms with Gasteiger partial charge in [0.2, 0.25) is 0 Å². The van der Waals surface area contributed by atoms with Crippen LogP contribution in [0.3, 0.4) is 0 Å². The molecule has 0 bridgehead atoms. The Balaban J connectivity index is 4.11. The molecule has 0 heterocycles. The summed E-state index contributed by atoms with van der Waals surface area (Å²) in [5.41, 5.74) is 0. The van der Waals surface area contributed by atoms with Crippen molar-refractivity contribution in [2.24, 2.45) is 11.8 Å². The van der Waals surface area contributed by atoms with Crippen molar-refractivity contribution in [3.63, 3.8) is 0 Å². The number of aliphatic carboxylic acids is 2. The second kappa shape index (κ2) is 14.6. The van der Waals surface area contributed by atoms with Gasteiger partial charge >= 0.3 is 11.9 Å². The lowest BCUT2D eigenvalue weighted by atomic mass is 10.0. The number of carbonyl (C=O) groups is 2. The first-order valence-electron chi connectivity index (χ1n) is 8.80. The van der Waals surface area contributed by atoms with Crippen LogP contribution in [-0.2, 0) is 9.59 Å². The molecule has 0 amide bonds. The molecule has 0 aliphatic heterocycles. The molecule has 0 radical (unpaired) electrons. The van der Waals surface area contributed by atoms with Gasteiger partial charge in [0.15, 0.2) is 0 Å². The lowest BCUT2D eigenvalue weighted by molar-refractivity contribution is -0.139. The highest BCUT2D eigenvalue weighted by molar-refractivity contribution is 7.57. The van der Waals surface area contributed by atoms with Crippen LogP contribution in [0.1, 0.15) is 51.9 Å². The SMILES string of the molecule is CCCP(CCCC(CO)CC(=O)O)CCC[C@H](CO)CC(=O)O. The molecule has 3 atom stereocenters. The van der Waals surface area contributed by atoms with Crippen molar-refractivity contribution in [3.05, 3.63) is 0 Å². The zero-order valence-corrected chi connectivity index (χ0v) is 15.6. The number of aliphatic hydroxyl groups is 2. The quantitative estimate of drug-likeness (QED) is 0.313. The Morgan fingerprint density at radius 2 is 1.25 bits per heavy atom. The molecule has 0 fully saturated rings. The summed E-state index contributed by atoms with van der Waals surface area (Å²) < 4.78 is 0. The van der Waals surface area contributed by atoms with E-state index >= 15 is 0 Å². The molecule has 0 spiro atoms. The van der Waals surface area contributed by atoms with Crippen molar-refractivity contribution in [2.45, 2.75) is 51.9 Å². The third kappa shape index (κ3) is 12.7. The van der Waals surface area contributed by atoms with Gasteiger partial charge in [-0.3, -0.25) is 9.59 Å². The molecular formula is C17H33O6P. The van der Waals surface area contributed by atoms with E-state index in [1.54, 1.807) is 0 Å². The van der Waals surface area contributed by atoms with Crippen molar-refractivity contribution in [3.8, 4) is 0 Å². The molecule has 0 aliphatic carbocycles.